The summed E-state index contributed by atoms with van der Waals surface area (Å²) in [6.45, 7) is 2.85. The van der Waals surface area contributed by atoms with Crippen molar-refractivity contribution in [3.05, 3.63) is 51.6 Å². The van der Waals surface area contributed by atoms with Crippen molar-refractivity contribution in [2.24, 2.45) is 0 Å². The van der Waals surface area contributed by atoms with Crippen molar-refractivity contribution < 1.29 is 4.74 Å². The van der Waals surface area contributed by atoms with Crippen LogP contribution in [0.2, 0.25) is 0 Å². The molecule has 0 saturated heterocycles. The maximum Gasteiger partial charge on any atom is 0.237 e. The van der Waals surface area contributed by atoms with Crippen LogP contribution in [0.4, 0.5) is 0 Å². The van der Waals surface area contributed by atoms with Gasteiger partial charge in [0.05, 0.1) is 7.11 Å². The highest BCUT2D eigenvalue weighted by Crippen LogP contribution is 2.26. The summed E-state index contributed by atoms with van der Waals surface area (Å²) in [6.07, 6.45) is 2.02. The van der Waals surface area contributed by atoms with E-state index in [9.17, 15) is 0 Å². The number of imidazole rings is 1. The Kier molecular flexibility index (Phi) is 4.28. The highest BCUT2D eigenvalue weighted by Gasteiger charge is 2.15. The lowest BCUT2D eigenvalue weighted by molar-refractivity contribution is 0.391. The standard InChI is InChI=1S/C15H16BrN3OS/c1-10(11-5-3-4-6-12(11)16)17-9-13-14(20-2)18-15-19(13)7-8-21-15/h3-8,10,17H,9H2,1-2H3/t10-/m0/s1. The van der Waals surface area contributed by atoms with Gasteiger partial charge in [-0.05, 0) is 18.6 Å². The second-order valence-corrected chi connectivity index (χ2v) is 6.47. The first-order valence-electron chi connectivity index (χ1n) is 6.67. The Morgan fingerprint density at radius 1 is 1.43 bits per heavy atom. The van der Waals surface area contributed by atoms with Gasteiger partial charge in [-0.3, -0.25) is 4.40 Å². The Bertz CT molecular complexity index is 752. The minimum Gasteiger partial charge on any atom is -0.480 e. The average Bonchev–Trinajstić information content (AvgIpc) is 3.06. The van der Waals surface area contributed by atoms with Crippen LogP contribution in [0, 0.1) is 0 Å². The molecule has 21 heavy (non-hydrogen) atoms. The van der Waals surface area contributed by atoms with Crippen LogP contribution >= 0.6 is 27.3 Å². The number of hydrogen-bond acceptors (Lipinski definition) is 4. The lowest BCUT2D eigenvalue weighted by Crippen LogP contribution is -2.19. The second-order valence-electron chi connectivity index (χ2n) is 4.75. The quantitative estimate of drug-likeness (QED) is 0.741. The van der Waals surface area contributed by atoms with E-state index in [1.54, 1.807) is 18.4 Å². The van der Waals surface area contributed by atoms with E-state index in [1.165, 1.54) is 5.56 Å². The highest BCUT2D eigenvalue weighted by atomic mass is 79.9. The van der Waals surface area contributed by atoms with E-state index in [-0.39, 0.29) is 6.04 Å². The molecule has 2 heterocycles. The van der Waals surface area contributed by atoms with Gasteiger partial charge in [0.2, 0.25) is 5.88 Å². The second kappa shape index (κ2) is 6.17. The summed E-state index contributed by atoms with van der Waals surface area (Å²) in [7, 11) is 1.66. The van der Waals surface area contributed by atoms with E-state index in [0.29, 0.717) is 12.4 Å². The number of halogens is 1. The van der Waals surface area contributed by atoms with E-state index >= 15 is 0 Å². The molecule has 0 bridgehead atoms. The third kappa shape index (κ3) is 2.84. The first-order chi connectivity index (χ1) is 10.2. The summed E-state index contributed by atoms with van der Waals surface area (Å²) in [6, 6.07) is 8.48. The largest absolute Gasteiger partial charge is 0.480 e. The Balaban J connectivity index is 1.80. The summed E-state index contributed by atoms with van der Waals surface area (Å²) in [5, 5.41) is 5.56. The van der Waals surface area contributed by atoms with Crippen LogP contribution < -0.4 is 10.1 Å². The Morgan fingerprint density at radius 2 is 2.24 bits per heavy atom. The molecule has 0 aliphatic carbocycles. The van der Waals surface area contributed by atoms with Crippen molar-refractivity contribution in [2.45, 2.75) is 19.5 Å². The van der Waals surface area contributed by atoms with Gasteiger partial charge in [-0.15, -0.1) is 11.3 Å². The average molecular weight is 366 g/mol. The van der Waals surface area contributed by atoms with Crippen LogP contribution in [0.1, 0.15) is 24.2 Å². The maximum atomic E-state index is 5.38. The normalized spacial score (nSPS) is 12.7. The molecule has 4 nitrogen and oxygen atoms in total. The van der Waals surface area contributed by atoms with E-state index in [1.807, 2.05) is 17.6 Å². The van der Waals surface area contributed by atoms with Gasteiger partial charge < -0.3 is 10.1 Å². The minimum atomic E-state index is 0.231. The molecule has 0 aliphatic rings. The number of ether oxygens (including phenoxy) is 1. The predicted molar refractivity (Wildman–Crippen MR) is 89.0 cm³/mol. The van der Waals surface area contributed by atoms with Crippen LogP contribution in [-0.2, 0) is 6.54 Å². The fourth-order valence-electron chi connectivity index (χ4n) is 2.32. The lowest BCUT2D eigenvalue weighted by Gasteiger charge is -2.15. The number of thiazole rings is 1. The molecule has 1 aromatic carbocycles. The summed E-state index contributed by atoms with van der Waals surface area (Å²) in [5.41, 5.74) is 2.29. The number of nitrogens with one attached hydrogen (secondary N) is 1. The number of aromatic nitrogens is 2. The smallest absolute Gasteiger partial charge is 0.237 e. The Morgan fingerprint density at radius 3 is 3.00 bits per heavy atom. The van der Waals surface area contributed by atoms with Crippen molar-refractivity contribution in [3.8, 4) is 5.88 Å². The van der Waals surface area contributed by atoms with Gasteiger partial charge in [0.1, 0.15) is 5.69 Å². The third-order valence-electron chi connectivity index (χ3n) is 3.47. The molecular weight excluding hydrogens is 350 g/mol. The summed E-state index contributed by atoms with van der Waals surface area (Å²) in [5.74, 6) is 0.689. The van der Waals surface area contributed by atoms with Crippen molar-refractivity contribution in [1.29, 1.82) is 0 Å². The van der Waals surface area contributed by atoms with Crippen molar-refractivity contribution >= 4 is 32.2 Å². The summed E-state index contributed by atoms with van der Waals surface area (Å²) in [4.78, 5) is 5.43. The zero-order valence-electron chi connectivity index (χ0n) is 11.8. The predicted octanol–water partition coefficient (Wildman–Crippen LogP) is 4.02. The van der Waals surface area contributed by atoms with Gasteiger partial charge in [0, 0.05) is 28.6 Å². The van der Waals surface area contributed by atoms with Crippen LogP contribution in [0.15, 0.2) is 40.3 Å². The Labute approximate surface area is 135 Å². The SMILES string of the molecule is COc1nc2sccn2c1CN[C@@H](C)c1ccccc1Br. The van der Waals surface area contributed by atoms with Gasteiger partial charge in [0.25, 0.3) is 0 Å². The molecule has 3 rings (SSSR count). The molecule has 0 radical (unpaired) electrons. The van der Waals surface area contributed by atoms with Crippen LogP contribution in [-0.4, -0.2) is 16.5 Å². The number of hydrogen-bond donors (Lipinski definition) is 1. The summed E-state index contributed by atoms with van der Waals surface area (Å²) < 4.78 is 8.57. The number of nitrogens with zero attached hydrogens (tertiary/aromatic N) is 2. The molecule has 1 atom stereocenters. The molecular formula is C15H16BrN3OS. The molecule has 1 N–H and O–H groups in total. The number of methoxy groups -OCH3 is 1. The molecule has 6 heteroatoms. The third-order valence-corrected chi connectivity index (χ3v) is 4.94. The van der Waals surface area contributed by atoms with Crippen molar-refractivity contribution in [3.63, 3.8) is 0 Å². The number of benzene rings is 1. The first-order valence-corrected chi connectivity index (χ1v) is 8.34. The summed E-state index contributed by atoms with van der Waals surface area (Å²) >= 11 is 5.20. The topological polar surface area (TPSA) is 38.6 Å². The van der Waals surface area contributed by atoms with Gasteiger partial charge in [-0.2, -0.15) is 4.98 Å². The molecule has 110 valence electrons. The fraction of sp³-hybridized carbons (Fsp3) is 0.267. The van der Waals surface area contributed by atoms with E-state index in [4.69, 9.17) is 4.74 Å². The number of fused-ring (bicyclic) bond motifs is 1. The molecule has 3 aromatic rings. The maximum absolute atomic E-state index is 5.38. The molecule has 0 aliphatic heterocycles. The minimum absolute atomic E-state index is 0.231. The van der Waals surface area contributed by atoms with Gasteiger partial charge in [-0.25, -0.2) is 0 Å². The molecule has 0 spiro atoms. The van der Waals surface area contributed by atoms with Gasteiger partial charge in [0.15, 0.2) is 4.96 Å². The molecule has 0 amide bonds. The molecule has 0 fully saturated rings. The lowest BCUT2D eigenvalue weighted by atomic mass is 10.1. The molecule has 0 unspecified atom stereocenters. The molecule has 0 saturated carbocycles. The van der Waals surface area contributed by atoms with Crippen molar-refractivity contribution in [2.75, 3.05) is 7.11 Å². The molecule has 2 aromatic heterocycles. The fourth-order valence-corrected chi connectivity index (χ4v) is 3.68. The van der Waals surface area contributed by atoms with E-state index < -0.39 is 0 Å². The Hall–Kier alpha value is -1.37. The van der Waals surface area contributed by atoms with E-state index in [2.05, 4.69) is 55.8 Å². The first kappa shape index (κ1) is 14.6. The zero-order chi connectivity index (χ0) is 14.8. The van der Waals surface area contributed by atoms with Crippen LogP contribution in [0.3, 0.4) is 0 Å². The van der Waals surface area contributed by atoms with Crippen LogP contribution in [0.5, 0.6) is 5.88 Å². The van der Waals surface area contributed by atoms with Crippen molar-refractivity contribution in [1.82, 2.24) is 14.7 Å². The highest BCUT2D eigenvalue weighted by molar-refractivity contribution is 9.10. The van der Waals surface area contributed by atoms with Crippen LogP contribution in [0.25, 0.3) is 4.96 Å². The zero-order valence-corrected chi connectivity index (χ0v) is 14.2. The number of rotatable bonds is 5. The monoisotopic (exact) mass is 365 g/mol. The van der Waals surface area contributed by atoms with Gasteiger partial charge in [-0.1, -0.05) is 34.1 Å². The van der Waals surface area contributed by atoms with Gasteiger partial charge >= 0.3 is 0 Å². The van der Waals surface area contributed by atoms with E-state index in [0.717, 1.165) is 15.1 Å².